The molecule has 2 aromatic carbocycles. The van der Waals surface area contributed by atoms with Crippen molar-refractivity contribution >= 4 is 16.1 Å². The summed E-state index contributed by atoms with van der Waals surface area (Å²) in [5.74, 6) is -0.163. The van der Waals surface area contributed by atoms with Crippen molar-refractivity contribution in [2.75, 3.05) is 39.3 Å². The molecule has 8 nitrogen and oxygen atoms in total. The second-order valence-electron chi connectivity index (χ2n) is 8.48. The largest absolute Gasteiger partial charge is 0.373 e. The summed E-state index contributed by atoms with van der Waals surface area (Å²) in [6.07, 6.45) is -0.307. The standard InChI is InChI=1S/C24H28N4O4S/c1-18-16-28(17-19(2)32-18)33(30,31)27-13-11-26(12-14-27)24(29)23-10-6-5-9-22(23)21-8-4-3-7-20(21)15-25/h3-10,18-19H,11-14,16-17H2,1-2H3. The molecule has 0 radical (unpaired) electrons. The van der Waals surface area contributed by atoms with Crippen molar-refractivity contribution in [3.8, 4) is 17.2 Å². The lowest BCUT2D eigenvalue weighted by atomic mass is 9.95. The molecule has 0 bridgehead atoms. The lowest BCUT2D eigenvalue weighted by molar-refractivity contribution is -0.0457. The van der Waals surface area contributed by atoms with Crippen LogP contribution in [0.15, 0.2) is 48.5 Å². The summed E-state index contributed by atoms with van der Waals surface area (Å²) < 4.78 is 34.9. The number of carbonyl (C=O) groups is 1. The van der Waals surface area contributed by atoms with Gasteiger partial charge in [-0.3, -0.25) is 4.79 Å². The van der Waals surface area contributed by atoms with Crippen LogP contribution in [0.5, 0.6) is 0 Å². The number of hydrogen-bond acceptors (Lipinski definition) is 5. The van der Waals surface area contributed by atoms with E-state index in [1.54, 1.807) is 29.2 Å². The Morgan fingerprint density at radius 3 is 2.12 bits per heavy atom. The number of morpholine rings is 1. The van der Waals surface area contributed by atoms with E-state index < -0.39 is 10.2 Å². The van der Waals surface area contributed by atoms with Crippen LogP contribution >= 0.6 is 0 Å². The zero-order valence-corrected chi connectivity index (χ0v) is 19.7. The fourth-order valence-corrected chi connectivity index (χ4v) is 6.24. The molecular weight excluding hydrogens is 440 g/mol. The summed E-state index contributed by atoms with van der Waals surface area (Å²) in [7, 11) is -3.61. The van der Waals surface area contributed by atoms with E-state index in [-0.39, 0.29) is 31.2 Å². The Labute approximate surface area is 195 Å². The molecule has 9 heteroatoms. The molecular formula is C24H28N4O4S. The zero-order chi connectivity index (χ0) is 23.6. The second kappa shape index (κ2) is 9.61. The monoisotopic (exact) mass is 468 g/mol. The van der Waals surface area contributed by atoms with Crippen molar-refractivity contribution < 1.29 is 17.9 Å². The smallest absolute Gasteiger partial charge is 0.282 e. The number of ether oxygens (including phenoxy) is 1. The molecule has 0 N–H and O–H groups in total. The third-order valence-electron chi connectivity index (χ3n) is 6.06. The molecule has 2 atom stereocenters. The Hall–Kier alpha value is -2.77. The number of benzene rings is 2. The maximum atomic E-state index is 13.4. The minimum atomic E-state index is -3.61. The van der Waals surface area contributed by atoms with Gasteiger partial charge in [0.05, 0.1) is 23.8 Å². The third-order valence-corrected chi connectivity index (χ3v) is 8.03. The highest BCUT2D eigenvalue weighted by Crippen LogP contribution is 2.28. The summed E-state index contributed by atoms with van der Waals surface area (Å²) in [5, 5.41) is 9.48. The average molecular weight is 469 g/mol. The van der Waals surface area contributed by atoms with Gasteiger partial charge in [0.2, 0.25) is 0 Å². The summed E-state index contributed by atoms with van der Waals surface area (Å²) in [4.78, 5) is 15.1. The summed E-state index contributed by atoms with van der Waals surface area (Å²) in [6, 6.07) is 16.6. The maximum absolute atomic E-state index is 13.4. The van der Waals surface area contributed by atoms with Crippen LogP contribution in [0.4, 0.5) is 0 Å². The third kappa shape index (κ3) is 4.80. The normalized spacial score (nSPS) is 22.6. The van der Waals surface area contributed by atoms with Gasteiger partial charge in [0.15, 0.2) is 0 Å². The number of nitriles is 1. The first-order valence-corrected chi connectivity index (χ1v) is 12.5. The molecule has 0 aromatic heterocycles. The fraction of sp³-hybridized carbons (Fsp3) is 0.417. The predicted molar refractivity (Wildman–Crippen MR) is 125 cm³/mol. The van der Waals surface area contributed by atoms with Crippen LogP contribution in [0.25, 0.3) is 11.1 Å². The number of amides is 1. The number of carbonyl (C=O) groups excluding carboxylic acids is 1. The van der Waals surface area contributed by atoms with E-state index in [0.29, 0.717) is 48.4 Å². The van der Waals surface area contributed by atoms with Crippen molar-refractivity contribution in [2.45, 2.75) is 26.1 Å². The van der Waals surface area contributed by atoms with E-state index in [1.807, 2.05) is 38.1 Å². The first-order valence-electron chi connectivity index (χ1n) is 11.1. The van der Waals surface area contributed by atoms with Crippen LogP contribution in [-0.4, -0.2) is 79.3 Å². The van der Waals surface area contributed by atoms with E-state index in [4.69, 9.17) is 4.74 Å². The van der Waals surface area contributed by atoms with Gasteiger partial charge in [-0.15, -0.1) is 0 Å². The Bertz CT molecular complexity index is 1160. The summed E-state index contributed by atoms with van der Waals surface area (Å²) >= 11 is 0. The van der Waals surface area contributed by atoms with Crippen LogP contribution < -0.4 is 0 Å². The Kier molecular flexibility index (Phi) is 6.81. The molecule has 33 heavy (non-hydrogen) atoms. The van der Waals surface area contributed by atoms with E-state index in [1.165, 1.54) is 8.61 Å². The van der Waals surface area contributed by atoms with Gasteiger partial charge in [0, 0.05) is 50.4 Å². The SMILES string of the molecule is CC1CN(S(=O)(=O)N2CCN(C(=O)c3ccccc3-c3ccccc3C#N)CC2)CC(C)O1. The van der Waals surface area contributed by atoms with Crippen LogP contribution in [0.3, 0.4) is 0 Å². The molecule has 0 spiro atoms. The van der Waals surface area contributed by atoms with Crippen molar-refractivity contribution in [3.63, 3.8) is 0 Å². The topological polar surface area (TPSA) is 94.0 Å². The molecule has 2 unspecified atom stereocenters. The molecule has 2 aromatic rings. The van der Waals surface area contributed by atoms with Gasteiger partial charge in [-0.25, -0.2) is 0 Å². The molecule has 1 amide bonds. The number of nitrogens with zero attached hydrogens (tertiary/aromatic N) is 4. The quantitative estimate of drug-likeness (QED) is 0.687. The molecule has 174 valence electrons. The molecule has 2 aliphatic heterocycles. The van der Waals surface area contributed by atoms with Crippen LogP contribution in [-0.2, 0) is 14.9 Å². The second-order valence-corrected chi connectivity index (χ2v) is 10.4. The van der Waals surface area contributed by atoms with Crippen molar-refractivity contribution in [1.82, 2.24) is 13.5 Å². The van der Waals surface area contributed by atoms with Crippen LogP contribution in [0.1, 0.15) is 29.8 Å². The Morgan fingerprint density at radius 2 is 1.48 bits per heavy atom. The van der Waals surface area contributed by atoms with Crippen LogP contribution in [0.2, 0.25) is 0 Å². The van der Waals surface area contributed by atoms with E-state index in [2.05, 4.69) is 6.07 Å². The lowest BCUT2D eigenvalue weighted by Crippen LogP contribution is -2.57. The van der Waals surface area contributed by atoms with Crippen molar-refractivity contribution in [2.24, 2.45) is 0 Å². The van der Waals surface area contributed by atoms with Gasteiger partial charge in [-0.1, -0.05) is 36.4 Å². The number of rotatable bonds is 4. The fourth-order valence-electron chi connectivity index (χ4n) is 4.49. The molecule has 2 fully saturated rings. The molecule has 2 aliphatic rings. The first-order chi connectivity index (χ1) is 15.8. The minimum Gasteiger partial charge on any atom is -0.373 e. The van der Waals surface area contributed by atoms with Gasteiger partial charge in [-0.05, 0) is 31.5 Å². The Balaban J connectivity index is 1.49. The highest BCUT2D eigenvalue weighted by atomic mass is 32.2. The zero-order valence-electron chi connectivity index (χ0n) is 18.8. The maximum Gasteiger partial charge on any atom is 0.282 e. The van der Waals surface area contributed by atoms with Gasteiger partial charge in [0.1, 0.15) is 0 Å². The molecule has 0 aliphatic carbocycles. The number of piperazine rings is 1. The molecule has 2 heterocycles. The summed E-state index contributed by atoms with van der Waals surface area (Å²) in [6.45, 7) is 5.50. The minimum absolute atomic E-state index is 0.154. The molecule has 4 rings (SSSR count). The van der Waals surface area contributed by atoms with Crippen molar-refractivity contribution in [3.05, 3.63) is 59.7 Å². The van der Waals surface area contributed by atoms with E-state index >= 15 is 0 Å². The summed E-state index contributed by atoms with van der Waals surface area (Å²) in [5.41, 5.74) is 2.42. The van der Waals surface area contributed by atoms with Crippen molar-refractivity contribution in [1.29, 1.82) is 5.26 Å². The Morgan fingerprint density at radius 1 is 0.909 bits per heavy atom. The lowest BCUT2D eigenvalue weighted by Gasteiger charge is -2.40. The van der Waals surface area contributed by atoms with Crippen LogP contribution in [0, 0.1) is 11.3 Å². The molecule has 0 saturated carbocycles. The van der Waals surface area contributed by atoms with Gasteiger partial charge in [0.25, 0.3) is 16.1 Å². The number of hydrogen-bond donors (Lipinski definition) is 0. The van der Waals surface area contributed by atoms with Gasteiger partial charge in [-0.2, -0.15) is 22.3 Å². The van der Waals surface area contributed by atoms with Gasteiger partial charge < -0.3 is 9.64 Å². The average Bonchev–Trinajstić information content (AvgIpc) is 2.83. The van der Waals surface area contributed by atoms with E-state index in [9.17, 15) is 18.5 Å². The first kappa shape index (κ1) is 23.4. The highest BCUT2D eigenvalue weighted by molar-refractivity contribution is 7.86. The van der Waals surface area contributed by atoms with E-state index in [0.717, 1.165) is 0 Å². The van der Waals surface area contributed by atoms with Gasteiger partial charge >= 0.3 is 0 Å². The predicted octanol–water partition coefficient (Wildman–Crippen LogP) is 2.34. The molecule has 2 saturated heterocycles. The highest BCUT2D eigenvalue weighted by Gasteiger charge is 2.37.